The predicted molar refractivity (Wildman–Crippen MR) is 116 cm³/mol. The SMILES string of the molecule is [Fe].[Fe].[c-]1[c-][c-][c-](P(c2ccccc2)[c-]2cccc2)[c-]1.c1cc[cH-]c1.c1cc[cH-]c1. The first-order valence-electron chi connectivity index (χ1n) is 8.74. The van der Waals surface area contributed by atoms with Crippen molar-refractivity contribution in [2.24, 2.45) is 0 Å². The molecular weight excluding hydrogens is 455 g/mol. The van der Waals surface area contributed by atoms with Crippen molar-refractivity contribution >= 4 is 23.8 Å². The number of benzene rings is 1. The molecule has 0 aliphatic heterocycles. The van der Waals surface area contributed by atoms with E-state index in [1.54, 1.807) is 0 Å². The largest absolute Gasteiger partial charge is 0.998 e. The fraction of sp³-hybridized carbons (Fsp3) is 0. The second kappa shape index (κ2) is 15.0. The van der Waals surface area contributed by atoms with Gasteiger partial charge in [-0.3, -0.25) is 0 Å². The molecular formula is C26H19Fe2P-8. The van der Waals surface area contributed by atoms with E-state index in [4.69, 9.17) is 0 Å². The van der Waals surface area contributed by atoms with Gasteiger partial charge in [-0.25, -0.2) is 36.4 Å². The summed E-state index contributed by atoms with van der Waals surface area (Å²) in [6.07, 6.45) is 0. The fourth-order valence-corrected chi connectivity index (χ4v) is 4.55. The summed E-state index contributed by atoms with van der Waals surface area (Å²) in [6.45, 7) is 0. The van der Waals surface area contributed by atoms with Crippen LogP contribution in [0.3, 0.4) is 0 Å². The molecule has 0 aliphatic carbocycles. The van der Waals surface area contributed by atoms with Crippen molar-refractivity contribution < 1.29 is 34.1 Å². The van der Waals surface area contributed by atoms with Gasteiger partial charge < -0.3 is 37.5 Å². The van der Waals surface area contributed by atoms with Crippen molar-refractivity contribution in [2.45, 2.75) is 0 Å². The zero-order chi connectivity index (χ0) is 18.6. The first-order chi connectivity index (χ1) is 13.4. The molecule has 3 heteroatoms. The van der Waals surface area contributed by atoms with Gasteiger partial charge in [0.2, 0.25) is 0 Å². The van der Waals surface area contributed by atoms with E-state index in [0.29, 0.717) is 0 Å². The molecule has 1 atom stereocenters. The molecule has 152 valence electrons. The maximum Gasteiger partial charge on any atom is 0 e. The molecule has 0 aliphatic rings. The monoisotopic (exact) mass is 474 g/mol. The average Bonchev–Trinajstić information content (AvgIpc) is 3.55. The van der Waals surface area contributed by atoms with Crippen LogP contribution in [0.1, 0.15) is 0 Å². The van der Waals surface area contributed by atoms with Crippen LogP contribution in [0.5, 0.6) is 0 Å². The van der Waals surface area contributed by atoms with E-state index in [-0.39, 0.29) is 34.1 Å². The van der Waals surface area contributed by atoms with E-state index < -0.39 is 7.92 Å². The minimum Gasteiger partial charge on any atom is -0.998 e. The van der Waals surface area contributed by atoms with E-state index in [2.05, 4.69) is 72.8 Å². The molecule has 0 fully saturated rings. The normalized spacial score (nSPS) is 10.1. The van der Waals surface area contributed by atoms with Crippen molar-refractivity contribution in [1.82, 2.24) is 0 Å². The quantitative estimate of drug-likeness (QED) is 0.199. The predicted octanol–water partition coefficient (Wildman–Crippen LogP) is 4.89. The van der Waals surface area contributed by atoms with Crippen molar-refractivity contribution in [2.75, 3.05) is 0 Å². The Morgan fingerprint density at radius 1 is 0.621 bits per heavy atom. The molecule has 0 saturated carbocycles. The van der Waals surface area contributed by atoms with Gasteiger partial charge in [-0.1, -0.05) is 35.6 Å². The van der Waals surface area contributed by atoms with E-state index in [1.165, 1.54) is 10.6 Å². The third-order valence-electron chi connectivity index (χ3n) is 3.68. The Kier molecular flexibility index (Phi) is 13.0. The van der Waals surface area contributed by atoms with Crippen LogP contribution in [0.4, 0.5) is 0 Å². The fourth-order valence-electron chi connectivity index (χ4n) is 2.46. The summed E-state index contributed by atoms with van der Waals surface area (Å²) in [5.41, 5.74) is 0. The van der Waals surface area contributed by atoms with Crippen LogP contribution in [-0.4, -0.2) is 0 Å². The van der Waals surface area contributed by atoms with Gasteiger partial charge in [0.1, 0.15) is 0 Å². The summed E-state index contributed by atoms with van der Waals surface area (Å²) in [7, 11) is -0.546. The van der Waals surface area contributed by atoms with Gasteiger partial charge in [-0.2, -0.15) is 53.8 Å². The van der Waals surface area contributed by atoms with Crippen LogP contribution in [-0.2, 0) is 34.1 Å². The molecule has 5 rings (SSSR count). The van der Waals surface area contributed by atoms with Crippen molar-refractivity contribution in [3.05, 3.63) is 140 Å². The Balaban J connectivity index is 0.000000290. The Morgan fingerprint density at radius 3 is 1.52 bits per heavy atom. The van der Waals surface area contributed by atoms with Gasteiger partial charge in [0.05, 0.1) is 0 Å². The minimum atomic E-state index is -0.546. The molecule has 0 bridgehead atoms. The molecule has 0 heterocycles. The van der Waals surface area contributed by atoms with E-state index in [1.807, 2.05) is 66.7 Å². The Hall–Kier alpha value is -1.91. The third kappa shape index (κ3) is 8.55. The van der Waals surface area contributed by atoms with Crippen LogP contribution >= 0.6 is 7.92 Å². The summed E-state index contributed by atoms with van der Waals surface area (Å²) < 4.78 is 0. The van der Waals surface area contributed by atoms with E-state index >= 15 is 0 Å². The first kappa shape index (κ1) is 25.1. The second-order valence-corrected chi connectivity index (χ2v) is 7.74. The minimum absolute atomic E-state index is 0. The van der Waals surface area contributed by atoms with Gasteiger partial charge in [-0.05, 0) is 0 Å². The van der Waals surface area contributed by atoms with Crippen LogP contribution < -0.4 is 15.9 Å². The second-order valence-electron chi connectivity index (χ2n) is 5.59. The Bertz CT molecular complexity index is 809. The van der Waals surface area contributed by atoms with E-state index in [9.17, 15) is 0 Å². The molecule has 0 aromatic heterocycles. The zero-order valence-corrected chi connectivity index (χ0v) is 18.7. The molecule has 5 aromatic carbocycles. The summed E-state index contributed by atoms with van der Waals surface area (Å²) in [6, 6.07) is 50.9. The van der Waals surface area contributed by atoms with Gasteiger partial charge in [0.25, 0.3) is 0 Å². The van der Waals surface area contributed by atoms with Gasteiger partial charge in [0.15, 0.2) is 0 Å². The van der Waals surface area contributed by atoms with Crippen molar-refractivity contribution in [1.29, 1.82) is 0 Å². The molecule has 0 radical (unpaired) electrons. The molecule has 0 saturated heterocycles. The number of hydrogen-bond donors (Lipinski definition) is 0. The molecule has 0 nitrogen and oxygen atoms in total. The number of hydrogen-bond acceptors (Lipinski definition) is 0. The van der Waals surface area contributed by atoms with Crippen LogP contribution in [0.25, 0.3) is 0 Å². The summed E-state index contributed by atoms with van der Waals surface area (Å²) in [4.78, 5) is 0. The van der Waals surface area contributed by atoms with Gasteiger partial charge in [0, 0.05) is 34.1 Å². The van der Waals surface area contributed by atoms with Crippen molar-refractivity contribution in [3.63, 3.8) is 0 Å². The van der Waals surface area contributed by atoms with Gasteiger partial charge >= 0.3 is 0 Å². The summed E-state index contributed by atoms with van der Waals surface area (Å²) in [5.74, 6) is 0. The Labute approximate surface area is 196 Å². The summed E-state index contributed by atoms with van der Waals surface area (Å²) in [5, 5.41) is 3.71. The topological polar surface area (TPSA) is 0 Å². The molecule has 0 spiro atoms. The summed E-state index contributed by atoms with van der Waals surface area (Å²) >= 11 is 0. The van der Waals surface area contributed by atoms with Crippen LogP contribution in [0.2, 0.25) is 0 Å². The maximum atomic E-state index is 3.12. The molecule has 1 unspecified atom stereocenters. The Morgan fingerprint density at radius 2 is 1.10 bits per heavy atom. The number of rotatable bonds is 3. The van der Waals surface area contributed by atoms with Crippen molar-refractivity contribution in [3.8, 4) is 0 Å². The molecule has 5 aromatic rings. The first-order valence-corrected chi connectivity index (χ1v) is 10.1. The molecule has 0 amide bonds. The zero-order valence-electron chi connectivity index (χ0n) is 15.6. The smallest absolute Gasteiger partial charge is 0 e. The molecule has 29 heavy (non-hydrogen) atoms. The van der Waals surface area contributed by atoms with Crippen LogP contribution in [0, 0.1) is 24.3 Å². The van der Waals surface area contributed by atoms with Gasteiger partial charge in [-0.15, -0.1) is 0 Å². The average molecular weight is 474 g/mol. The maximum absolute atomic E-state index is 3.12. The third-order valence-corrected chi connectivity index (χ3v) is 5.98. The van der Waals surface area contributed by atoms with Crippen LogP contribution in [0.15, 0.2) is 115 Å². The standard InChI is InChI=1S/C16H9P.2C5H5.2Fe/c1-2-8-14(9-3-1)17(15-10-4-5-11-15)16-12-6-7-13-16;2*1-2-4-5-3-1;;/h1-5,8-11H;2*1-5H;;/q-6;2*-1;;. The molecule has 0 N–H and O–H groups in total. The van der Waals surface area contributed by atoms with E-state index in [0.717, 1.165) is 5.30 Å².